The summed E-state index contributed by atoms with van der Waals surface area (Å²) in [5.41, 5.74) is 0. The molecule has 0 aliphatic heterocycles. The summed E-state index contributed by atoms with van der Waals surface area (Å²) in [5.74, 6) is 2.05. The first kappa shape index (κ1) is 12.5. The number of aliphatic hydroxyl groups excluding tert-OH is 1. The van der Waals surface area contributed by atoms with Gasteiger partial charge in [0, 0.05) is 18.5 Å². The molecule has 0 aromatic carbocycles. The minimum absolute atomic E-state index is 0.0468. The van der Waals surface area contributed by atoms with E-state index in [4.69, 9.17) is 21.4 Å². The molecule has 17 heavy (non-hydrogen) atoms. The Balaban J connectivity index is 1.82. The highest BCUT2D eigenvalue weighted by Gasteiger charge is 2.27. The third-order valence-electron chi connectivity index (χ3n) is 2.44. The zero-order chi connectivity index (χ0) is 12.1. The van der Waals surface area contributed by atoms with Gasteiger partial charge in [-0.2, -0.15) is 0 Å². The average molecular weight is 258 g/mol. The number of hydrogen-bond acceptors (Lipinski definition) is 5. The van der Waals surface area contributed by atoms with E-state index in [9.17, 15) is 0 Å². The maximum Gasteiger partial charge on any atom is 0.135 e. The number of nitrogens with zero attached hydrogens (tertiary/aromatic N) is 2. The Bertz CT molecular complexity index is 372. The van der Waals surface area contributed by atoms with Gasteiger partial charge in [0.1, 0.15) is 16.8 Å². The van der Waals surface area contributed by atoms with Gasteiger partial charge in [-0.05, 0) is 12.8 Å². The monoisotopic (exact) mass is 257 g/mol. The molecule has 0 radical (unpaired) electrons. The highest BCUT2D eigenvalue weighted by molar-refractivity contribution is 6.29. The molecule has 0 unspecified atom stereocenters. The summed E-state index contributed by atoms with van der Waals surface area (Å²) in [6.07, 6.45) is 2.30. The quantitative estimate of drug-likeness (QED) is 0.571. The molecule has 1 fully saturated rings. The van der Waals surface area contributed by atoms with Crippen LogP contribution in [-0.2, 0) is 4.74 Å². The van der Waals surface area contributed by atoms with Gasteiger partial charge >= 0.3 is 0 Å². The normalized spacial score (nSPS) is 14.9. The van der Waals surface area contributed by atoms with Crippen LogP contribution in [0.2, 0.25) is 5.15 Å². The molecule has 5 nitrogen and oxygen atoms in total. The molecule has 0 saturated heterocycles. The molecule has 2 rings (SSSR count). The molecule has 1 aliphatic rings. The SMILES string of the molecule is OCCOCCNc1cc(Cl)nc(C2CC2)n1. The fourth-order valence-electron chi connectivity index (χ4n) is 1.47. The minimum Gasteiger partial charge on any atom is -0.394 e. The number of rotatable bonds is 7. The molecule has 94 valence electrons. The third-order valence-corrected chi connectivity index (χ3v) is 2.64. The molecule has 1 saturated carbocycles. The van der Waals surface area contributed by atoms with Crippen LogP contribution in [0.15, 0.2) is 6.07 Å². The molecule has 0 amide bonds. The average Bonchev–Trinajstić information content (AvgIpc) is 3.12. The lowest BCUT2D eigenvalue weighted by atomic mass is 10.4. The first-order valence-corrected chi connectivity index (χ1v) is 6.14. The first-order valence-electron chi connectivity index (χ1n) is 5.76. The van der Waals surface area contributed by atoms with Crippen molar-refractivity contribution in [1.82, 2.24) is 9.97 Å². The Kier molecular flexibility index (Phi) is 4.53. The van der Waals surface area contributed by atoms with Crippen LogP contribution < -0.4 is 5.32 Å². The summed E-state index contributed by atoms with van der Waals surface area (Å²) in [7, 11) is 0. The zero-order valence-electron chi connectivity index (χ0n) is 9.53. The van der Waals surface area contributed by atoms with Crippen LogP contribution in [0, 0.1) is 0 Å². The van der Waals surface area contributed by atoms with E-state index in [2.05, 4.69) is 15.3 Å². The maximum absolute atomic E-state index is 8.54. The van der Waals surface area contributed by atoms with Crippen molar-refractivity contribution < 1.29 is 9.84 Å². The van der Waals surface area contributed by atoms with E-state index in [0.717, 1.165) is 24.5 Å². The van der Waals surface area contributed by atoms with Gasteiger partial charge < -0.3 is 15.2 Å². The minimum atomic E-state index is 0.0468. The summed E-state index contributed by atoms with van der Waals surface area (Å²) in [6, 6.07) is 1.71. The van der Waals surface area contributed by atoms with Gasteiger partial charge in [-0.1, -0.05) is 11.6 Å². The number of ether oxygens (including phenoxy) is 1. The summed E-state index contributed by atoms with van der Waals surface area (Å²) in [6.45, 7) is 1.57. The smallest absolute Gasteiger partial charge is 0.135 e. The van der Waals surface area contributed by atoms with Crippen molar-refractivity contribution >= 4 is 17.4 Å². The van der Waals surface area contributed by atoms with Gasteiger partial charge in [-0.3, -0.25) is 0 Å². The van der Waals surface area contributed by atoms with Crippen LogP contribution in [0.5, 0.6) is 0 Å². The summed E-state index contributed by atoms with van der Waals surface area (Å²) in [5, 5.41) is 12.1. The van der Waals surface area contributed by atoms with Crippen LogP contribution in [0.25, 0.3) is 0 Å². The lowest BCUT2D eigenvalue weighted by Gasteiger charge is -2.07. The second kappa shape index (κ2) is 6.14. The van der Waals surface area contributed by atoms with E-state index in [1.165, 1.54) is 0 Å². The van der Waals surface area contributed by atoms with Crippen LogP contribution in [0.1, 0.15) is 24.6 Å². The second-order valence-corrected chi connectivity index (χ2v) is 4.36. The van der Waals surface area contributed by atoms with Gasteiger partial charge in [0.2, 0.25) is 0 Å². The van der Waals surface area contributed by atoms with Gasteiger partial charge in [-0.25, -0.2) is 9.97 Å². The Morgan fingerprint density at radius 2 is 2.24 bits per heavy atom. The highest BCUT2D eigenvalue weighted by atomic mass is 35.5. The molecule has 1 aromatic rings. The standard InChI is InChI=1S/C11H16ClN3O2/c12-9-7-10(13-3-5-17-6-4-16)15-11(14-9)8-1-2-8/h7-8,16H,1-6H2,(H,13,14,15). The molecule has 6 heteroatoms. The fourth-order valence-corrected chi connectivity index (χ4v) is 1.66. The summed E-state index contributed by atoms with van der Waals surface area (Å²) >= 11 is 5.93. The fraction of sp³-hybridized carbons (Fsp3) is 0.636. The van der Waals surface area contributed by atoms with Crippen LogP contribution >= 0.6 is 11.6 Å². The molecule has 1 heterocycles. The second-order valence-electron chi connectivity index (χ2n) is 3.97. The highest BCUT2D eigenvalue weighted by Crippen LogP contribution is 2.38. The predicted octanol–water partition coefficient (Wildman–Crippen LogP) is 1.43. The van der Waals surface area contributed by atoms with E-state index in [1.54, 1.807) is 6.07 Å². The van der Waals surface area contributed by atoms with Crippen molar-refractivity contribution in [3.63, 3.8) is 0 Å². The van der Waals surface area contributed by atoms with E-state index in [1.807, 2.05) is 0 Å². The Morgan fingerprint density at radius 1 is 1.41 bits per heavy atom. The molecule has 1 aromatic heterocycles. The number of aromatic nitrogens is 2. The van der Waals surface area contributed by atoms with Gasteiger partial charge in [0.05, 0.1) is 19.8 Å². The number of hydrogen-bond donors (Lipinski definition) is 2. The molecule has 0 spiro atoms. The summed E-state index contributed by atoms with van der Waals surface area (Å²) < 4.78 is 5.14. The van der Waals surface area contributed by atoms with Crippen molar-refractivity contribution in [1.29, 1.82) is 0 Å². The molecule has 1 aliphatic carbocycles. The van der Waals surface area contributed by atoms with Gasteiger partial charge in [-0.15, -0.1) is 0 Å². The number of halogens is 1. The Morgan fingerprint density at radius 3 is 2.94 bits per heavy atom. The van der Waals surface area contributed by atoms with Crippen molar-refractivity contribution in [2.45, 2.75) is 18.8 Å². The van der Waals surface area contributed by atoms with Gasteiger partial charge in [0.25, 0.3) is 0 Å². The topological polar surface area (TPSA) is 67.3 Å². The van der Waals surface area contributed by atoms with E-state index in [0.29, 0.717) is 30.8 Å². The van der Waals surface area contributed by atoms with Crippen LogP contribution in [0.4, 0.5) is 5.82 Å². The van der Waals surface area contributed by atoms with Gasteiger partial charge in [0.15, 0.2) is 0 Å². The largest absolute Gasteiger partial charge is 0.394 e. The van der Waals surface area contributed by atoms with Crippen LogP contribution in [-0.4, -0.2) is 41.4 Å². The predicted molar refractivity (Wildman–Crippen MR) is 65.4 cm³/mol. The summed E-state index contributed by atoms with van der Waals surface area (Å²) in [4.78, 5) is 8.61. The molecular weight excluding hydrogens is 242 g/mol. The van der Waals surface area contributed by atoms with Crippen LogP contribution in [0.3, 0.4) is 0 Å². The van der Waals surface area contributed by atoms with Crippen molar-refractivity contribution in [2.24, 2.45) is 0 Å². The first-order chi connectivity index (χ1) is 8.29. The Hall–Kier alpha value is -0.910. The zero-order valence-corrected chi connectivity index (χ0v) is 10.3. The van der Waals surface area contributed by atoms with E-state index < -0.39 is 0 Å². The molecular formula is C11H16ClN3O2. The van der Waals surface area contributed by atoms with E-state index in [-0.39, 0.29) is 6.61 Å². The lowest BCUT2D eigenvalue weighted by Crippen LogP contribution is -2.12. The lowest BCUT2D eigenvalue weighted by molar-refractivity contribution is 0.0992. The van der Waals surface area contributed by atoms with Crippen molar-refractivity contribution in [3.8, 4) is 0 Å². The molecule has 0 atom stereocenters. The number of nitrogens with one attached hydrogen (secondary N) is 1. The molecule has 0 bridgehead atoms. The number of anilines is 1. The van der Waals surface area contributed by atoms with Crippen molar-refractivity contribution in [3.05, 3.63) is 17.0 Å². The number of aliphatic hydroxyl groups is 1. The Labute approximate surface area is 105 Å². The van der Waals surface area contributed by atoms with E-state index >= 15 is 0 Å². The molecule has 2 N–H and O–H groups in total. The third kappa shape index (κ3) is 4.11. The maximum atomic E-state index is 8.54. The van der Waals surface area contributed by atoms with Crippen molar-refractivity contribution in [2.75, 3.05) is 31.7 Å².